The summed E-state index contributed by atoms with van der Waals surface area (Å²) in [5.74, 6) is 0. The predicted octanol–water partition coefficient (Wildman–Crippen LogP) is 18.3. The van der Waals surface area contributed by atoms with Crippen molar-refractivity contribution >= 4 is 60.9 Å². The second kappa shape index (κ2) is 16.0. The normalized spacial score (nSPS) is 12.7. The van der Waals surface area contributed by atoms with Crippen LogP contribution in [0.1, 0.15) is 22.3 Å². The van der Waals surface area contributed by atoms with E-state index in [2.05, 4.69) is 241 Å². The van der Waals surface area contributed by atoms with Gasteiger partial charge in [-0.1, -0.05) is 194 Å². The second-order valence-corrected chi connectivity index (χ2v) is 18.4. The Kier molecular flexibility index (Phi) is 9.11. The molecule has 1 aliphatic rings. The number of hydrogen-bond acceptors (Lipinski definition) is 3. The Labute approximate surface area is 405 Å². The van der Waals surface area contributed by atoms with Gasteiger partial charge in [0, 0.05) is 44.2 Å². The largest absolute Gasteiger partial charge is 0.456 e. The van der Waals surface area contributed by atoms with Gasteiger partial charge < -0.3 is 13.7 Å². The maximum Gasteiger partial charge on any atom is 0.143 e. The monoisotopic (exact) mass is 893 g/mol. The molecule has 0 unspecified atom stereocenters. The molecule has 3 nitrogen and oxygen atoms in total. The van der Waals surface area contributed by atoms with Crippen LogP contribution >= 0.6 is 0 Å². The summed E-state index contributed by atoms with van der Waals surface area (Å²) in [6.07, 6.45) is 0. The van der Waals surface area contributed by atoms with Crippen molar-refractivity contribution in [1.29, 1.82) is 0 Å². The number of anilines is 3. The predicted molar refractivity (Wildman–Crippen MR) is 289 cm³/mol. The minimum Gasteiger partial charge on any atom is -0.456 e. The summed E-state index contributed by atoms with van der Waals surface area (Å²) in [5.41, 5.74) is 20.8. The molecule has 11 aromatic carbocycles. The highest BCUT2D eigenvalue weighted by Gasteiger charge is 2.45. The van der Waals surface area contributed by atoms with Gasteiger partial charge in [0.1, 0.15) is 22.3 Å². The van der Waals surface area contributed by atoms with Crippen molar-refractivity contribution in [3.05, 3.63) is 283 Å². The molecule has 0 saturated heterocycles. The lowest BCUT2D eigenvalue weighted by Crippen LogP contribution is -2.28. The fraction of sp³-hybridized carbons (Fsp3) is 0.0149. The topological polar surface area (TPSA) is 29.5 Å². The zero-order valence-electron chi connectivity index (χ0n) is 38.1. The van der Waals surface area contributed by atoms with Crippen LogP contribution in [-0.2, 0) is 5.41 Å². The Morgan fingerprint density at radius 3 is 1.41 bits per heavy atom. The standard InChI is InChI=1S/C67H43NO2/c1-2-16-49(17-3-1)67(61-24-8-4-18-55(61)56-19-5-9-25-62(56)67)50-33-39-53(40-34-50)68(52-37-30-45(31-38-52)54-22-13-23-59-57-20-6-11-27-64(57)70-66(54)59)51-35-28-44(29-36-51)46-14-12-15-47(42-46)48-32-41-65-60(43-48)58-21-7-10-26-63(58)69-65/h1-43H. The summed E-state index contributed by atoms with van der Waals surface area (Å²) in [6, 6.07) is 94.3. The fourth-order valence-electron chi connectivity index (χ4n) is 11.4. The van der Waals surface area contributed by atoms with E-state index in [-0.39, 0.29) is 0 Å². The van der Waals surface area contributed by atoms with Gasteiger partial charge in [0.15, 0.2) is 0 Å². The number of rotatable bonds is 8. The molecule has 1 aliphatic carbocycles. The third-order valence-corrected chi connectivity index (χ3v) is 14.6. The van der Waals surface area contributed by atoms with E-state index in [1.807, 2.05) is 24.3 Å². The molecule has 2 heterocycles. The van der Waals surface area contributed by atoms with Crippen LogP contribution in [0.15, 0.2) is 270 Å². The molecule has 3 heteroatoms. The molecule has 0 amide bonds. The van der Waals surface area contributed by atoms with Gasteiger partial charge in [0.25, 0.3) is 0 Å². The molecule has 2 aromatic heterocycles. The summed E-state index contributed by atoms with van der Waals surface area (Å²) >= 11 is 0. The first-order valence-corrected chi connectivity index (χ1v) is 24.0. The highest BCUT2D eigenvalue weighted by Crippen LogP contribution is 2.56. The summed E-state index contributed by atoms with van der Waals surface area (Å²) in [6.45, 7) is 0. The van der Waals surface area contributed by atoms with Crippen LogP contribution in [-0.4, -0.2) is 0 Å². The van der Waals surface area contributed by atoms with Crippen molar-refractivity contribution < 1.29 is 8.83 Å². The number of benzene rings is 11. The minimum absolute atomic E-state index is 0.481. The maximum absolute atomic E-state index is 6.49. The number of furan rings is 2. The van der Waals surface area contributed by atoms with Crippen LogP contribution in [0.5, 0.6) is 0 Å². The molecule has 0 bridgehead atoms. The van der Waals surface area contributed by atoms with Gasteiger partial charge in [-0.25, -0.2) is 0 Å². The first-order valence-electron chi connectivity index (χ1n) is 24.0. The Balaban J connectivity index is 0.871. The lowest BCUT2D eigenvalue weighted by atomic mass is 9.68. The SMILES string of the molecule is c1ccc(C2(c3ccc(N(c4ccc(-c5cccc(-c6ccc7oc8ccccc8c7c6)c5)cc4)c4ccc(-c5cccc6c5oc5ccccc56)cc4)cc3)c3ccccc3-c3ccccc32)cc1. The molecule has 0 aliphatic heterocycles. The van der Waals surface area contributed by atoms with E-state index >= 15 is 0 Å². The van der Waals surface area contributed by atoms with E-state index in [1.54, 1.807) is 0 Å². The Hall–Kier alpha value is -9.18. The van der Waals surface area contributed by atoms with Gasteiger partial charge in [-0.2, -0.15) is 0 Å². The number of fused-ring (bicyclic) bond motifs is 9. The average Bonchev–Trinajstić information content (AvgIpc) is 4.10. The van der Waals surface area contributed by atoms with Crippen molar-refractivity contribution in [2.24, 2.45) is 0 Å². The molecule has 0 spiro atoms. The lowest BCUT2D eigenvalue weighted by Gasteiger charge is -2.34. The molecule has 70 heavy (non-hydrogen) atoms. The molecule has 0 atom stereocenters. The van der Waals surface area contributed by atoms with Crippen LogP contribution in [0.2, 0.25) is 0 Å². The average molecular weight is 894 g/mol. The molecule has 328 valence electrons. The van der Waals surface area contributed by atoms with Gasteiger partial charge in [-0.05, 0) is 128 Å². The summed E-state index contributed by atoms with van der Waals surface area (Å²) in [7, 11) is 0. The molecule has 0 saturated carbocycles. The van der Waals surface area contributed by atoms with Gasteiger partial charge in [-0.15, -0.1) is 0 Å². The van der Waals surface area contributed by atoms with E-state index in [1.165, 1.54) is 33.4 Å². The van der Waals surface area contributed by atoms with Crippen LogP contribution < -0.4 is 4.90 Å². The molecular weight excluding hydrogens is 851 g/mol. The summed E-state index contributed by atoms with van der Waals surface area (Å²) in [5, 5.41) is 4.51. The first kappa shape index (κ1) is 39.9. The van der Waals surface area contributed by atoms with E-state index in [0.717, 1.165) is 94.3 Å². The van der Waals surface area contributed by atoms with Gasteiger partial charge in [0.05, 0.1) is 5.41 Å². The molecular formula is C67H43NO2. The number of nitrogens with zero attached hydrogens (tertiary/aromatic N) is 1. The Morgan fingerprint density at radius 1 is 0.271 bits per heavy atom. The zero-order chi connectivity index (χ0) is 46.2. The lowest BCUT2D eigenvalue weighted by molar-refractivity contribution is 0.669. The fourth-order valence-corrected chi connectivity index (χ4v) is 11.4. The highest BCUT2D eigenvalue weighted by molar-refractivity contribution is 6.10. The summed E-state index contributed by atoms with van der Waals surface area (Å²) in [4.78, 5) is 2.37. The van der Waals surface area contributed by atoms with Gasteiger partial charge >= 0.3 is 0 Å². The van der Waals surface area contributed by atoms with E-state index in [0.29, 0.717) is 0 Å². The molecule has 0 N–H and O–H groups in total. The van der Waals surface area contributed by atoms with Crippen LogP contribution in [0.4, 0.5) is 17.1 Å². The number of para-hydroxylation sites is 3. The zero-order valence-corrected chi connectivity index (χ0v) is 38.1. The van der Waals surface area contributed by atoms with Crippen molar-refractivity contribution in [2.75, 3.05) is 4.90 Å². The smallest absolute Gasteiger partial charge is 0.143 e. The van der Waals surface area contributed by atoms with Crippen molar-refractivity contribution in [3.63, 3.8) is 0 Å². The minimum atomic E-state index is -0.481. The van der Waals surface area contributed by atoms with Crippen molar-refractivity contribution in [3.8, 4) is 44.5 Å². The van der Waals surface area contributed by atoms with Gasteiger partial charge in [0.2, 0.25) is 0 Å². The van der Waals surface area contributed by atoms with E-state index in [4.69, 9.17) is 8.83 Å². The van der Waals surface area contributed by atoms with Crippen LogP contribution in [0.3, 0.4) is 0 Å². The molecule has 13 aromatic rings. The summed E-state index contributed by atoms with van der Waals surface area (Å²) < 4.78 is 12.6. The quantitative estimate of drug-likeness (QED) is 0.152. The van der Waals surface area contributed by atoms with Gasteiger partial charge in [-0.3, -0.25) is 0 Å². The molecule has 14 rings (SSSR count). The first-order chi connectivity index (χ1) is 34.7. The van der Waals surface area contributed by atoms with Crippen LogP contribution in [0.25, 0.3) is 88.4 Å². The van der Waals surface area contributed by atoms with E-state index in [9.17, 15) is 0 Å². The Morgan fingerprint density at radius 2 is 0.729 bits per heavy atom. The maximum atomic E-state index is 6.49. The molecule has 0 fully saturated rings. The van der Waals surface area contributed by atoms with Crippen molar-refractivity contribution in [2.45, 2.75) is 5.41 Å². The van der Waals surface area contributed by atoms with E-state index < -0.39 is 5.41 Å². The molecule has 0 radical (unpaired) electrons. The van der Waals surface area contributed by atoms with Crippen LogP contribution in [0, 0.1) is 0 Å². The number of hydrogen-bond donors (Lipinski definition) is 0. The second-order valence-electron chi connectivity index (χ2n) is 18.4. The van der Waals surface area contributed by atoms with Crippen molar-refractivity contribution in [1.82, 2.24) is 0 Å². The Bertz CT molecular complexity index is 4060. The third kappa shape index (κ3) is 6.22. The third-order valence-electron chi connectivity index (χ3n) is 14.6. The highest BCUT2D eigenvalue weighted by atomic mass is 16.3.